The number of carbonyl (C=O) groups is 1. The molecule has 0 saturated carbocycles. The van der Waals surface area contributed by atoms with Gasteiger partial charge >= 0.3 is 0 Å². The first-order chi connectivity index (χ1) is 8.27. The molecule has 2 unspecified atom stereocenters. The van der Waals surface area contributed by atoms with Gasteiger partial charge in [-0.2, -0.15) is 0 Å². The average molecular weight is 232 g/mol. The van der Waals surface area contributed by atoms with Crippen molar-refractivity contribution in [3.8, 4) is 0 Å². The lowest BCUT2D eigenvalue weighted by atomic mass is 9.88. The minimum atomic E-state index is 0.0383. The second kappa shape index (κ2) is 5.82. The first kappa shape index (κ1) is 12.1. The molecular formula is C14H20N2O. The Morgan fingerprint density at radius 1 is 1.41 bits per heavy atom. The average Bonchev–Trinajstić information content (AvgIpc) is 2.38. The molecule has 1 aromatic carbocycles. The minimum Gasteiger partial charge on any atom is -0.352 e. The largest absolute Gasteiger partial charge is 0.352 e. The van der Waals surface area contributed by atoms with E-state index in [1.165, 1.54) is 0 Å². The summed E-state index contributed by atoms with van der Waals surface area (Å²) in [5.74, 6) is 1.28. The molecule has 1 amide bonds. The van der Waals surface area contributed by atoms with E-state index in [1.54, 1.807) is 0 Å². The van der Waals surface area contributed by atoms with Crippen LogP contribution in [0.15, 0.2) is 30.3 Å². The molecular weight excluding hydrogens is 212 g/mol. The van der Waals surface area contributed by atoms with Crippen LogP contribution in [0.25, 0.3) is 0 Å². The molecule has 92 valence electrons. The van der Waals surface area contributed by atoms with E-state index in [2.05, 4.69) is 17.6 Å². The molecule has 1 fully saturated rings. The molecule has 1 heterocycles. The first-order valence-corrected chi connectivity index (χ1v) is 6.31. The van der Waals surface area contributed by atoms with E-state index >= 15 is 0 Å². The van der Waals surface area contributed by atoms with Crippen molar-refractivity contribution in [2.45, 2.75) is 13.3 Å². The first-order valence-electron chi connectivity index (χ1n) is 6.31. The van der Waals surface area contributed by atoms with Gasteiger partial charge in [-0.1, -0.05) is 25.1 Å². The van der Waals surface area contributed by atoms with Gasteiger partial charge in [0.25, 0.3) is 5.91 Å². The number of rotatable bonds is 3. The quantitative estimate of drug-likeness (QED) is 0.832. The van der Waals surface area contributed by atoms with Gasteiger partial charge in [-0.25, -0.2) is 0 Å². The van der Waals surface area contributed by atoms with Crippen LogP contribution in [0, 0.1) is 11.8 Å². The summed E-state index contributed by atoms with van der Waals surface area (Å²) in [4.78, 5) is 11.9. The predicted octanol–water partition coefficient (Wildman–Crippen LogP) is 1.66. The number of nitrogens with one attached hydrogen (secondary N) is 2. The smallest absolute Gasteiger partial charge is 0.251 e. The summed E-state index contributed by atoms with van der Waals surface area (Å²) in [5.41, 5.74) is 0.745. The molecule has 3 nitrogen and oxygen atoms in total. The molecule has 0 bridgehead atoms. The summed E-state index contributed by atoms with van der Waals surface area (Å²) >= 11 is 0. The van der Waals surface area contributed by atoms with Crippen molar-refractivity contribution in [1.29, 1.82) is 0 Å². The highest BCUT2D eigenvalue weighted by molar-refractivity contribution is 5.94. The molecule has 2 N–H and O–H groups in total. The van der Waals surface area contributed by atoms with E-state index in [0.717, 1.165) is 31.6 Å². The minimum absolute atomic E-state index is 0.0383. The zero-order valence-corrected chi connectivity index (χ0v) is 10.3. The third kappa shape index (κ3) is 3.30. The second-order valence-corrected chi connectivity index (χ2v) is 4.81. The molecule has 2 rings (SSSR count). The van der Waals surface area contributed by atoms with Gasteiger partial charge in [0.05, 0.1) is 0 Å². The third-order valence-corrected chi connectivity index (χ3v) is 3.52. The normalized spacial score (nSPS) is 24.3. The summed E-state index contributed by atoms with van der Waals surface area (Å²) < 4.78 is 0. The van der Waals surface area contributed by atoms with Crippen LogP contribution in [0.3, 0.4) is 0 Å². The number of carbonyl (C=O) groups excluding carboxylic acids is 1. The Balaban J connectivity index is 1.84. The van der Waals surface area contributed by atoms with E-state index in [1.807, 2.05) is 30.3 Å². The fourth-order valence-corrected chi connectivity index (χ4v) is 2.29. The molecule has 0 aliphatic carbocycles. The van der Waals surface area contributed by atoms with Gasteiger partial charge in [0.1, 0.15) is 0 Å². The van der Waals surface area contributed by atoms with Crippen molar-refractivity contribution in [2.24, 2.45) is 11.8 Å². The van der Waals surface area contributed by atoms with Crippen LogP contribution in [0.5, 0.6) is 0 Å². The van der Waals surface area contributed by atoms with Crippen molar-refractivity contribution < 1.29 is 4.79 Å². The summed E-state index contributed by atoms with van der Waals surface area (Å²) in [7, 11) is 0. The summed E-state index contributed by atoms with van der Waals surface area (Å²) in [6.45, 7) is 5.16. The fraction of sp³-hybridized carbons (Fsp3) is 0.500. The number of hydrogen-bond acceptors (Lipinski definition) is 2. The maximum Gasteiger partial charge on any atom is 0.251 e. The molecule has 2 atom stereocenters. The van der Waals surface area contributed by atoms with Crippen LogP contribution < -0.4 is 10.6 Å². The Hall–Kier alpha value is -1.35. The van der Waals surface area contributed by atoms with Crippen LogP contribution >= 0.6 is 0 Å². The molecule has 1 saturated heterocycles. The number of benzene rings is 1. The molecule has 0 radical (unpaired) electrons. The van der Waals surface area contributed by atoms with Crippen LogP contribution in [-0.4, -0.2) is 25.5 Å². The van der Waals surface area contributed by atoms with E-state index in [9.17, 15) is 4.79 Å². The van der Waals surface area contributed by atoms with Crippen LogP contribution in [-0.2, 0) is 0 Å². The molecule has 17 heavy (non-hydrogen) atoms. The zero-order valence-electron chi connectivity index (χ0n) is 10.3. The standard InChI is InChI=1S/C14H20N2O/c1-11-9-15-8-7-13(11)10-16-14(17)12-5-3-2-4-6-12/h2-6,11,13,15H,7-10H2,1H3,(H,16,17). The van der Waals surface area contributed by atoms with Gasteiger partial charge in [0, 0.05) is 12.1 Å². The van der Waals surface area contributed by atoms with Gasteiger partial charge in [0.2, 0.25) is 0 Å². The van der Waals surface area contributed by atoms with Crippen LogP contribution in [0.4, 0.5) is 0 Å². The predicted molar refractivity (Wildman–Crippen MR) is 68.9 cm³/mol. The Morgan fingerprint density at radius 3 is 2.88 bits per heavy atom. The monoisotopic (exact) mass is 232 g/mol. The topological polar surface area (TPSA) is 41.1 Å². The molecule has 1 aliphatic heterocycles. The molecule has 3 heteroatoms. The highest BCUT2D eigenvalue weighted by atomic mass is 16.1. The summed E-state index contributed by atoms with van der Waals surface area (Å²) in [6, 6.07) is 9.40. The Morgan fingerprint density at radius 2 is 2.18 bits per heavy atom. The Kier molecular flexibility index (Phi) is 4.15. The van der Waals surface area contributed by atoms with E-state index in [4.69, 9.17) is 0 Å². The van der Waals surface area contributed by atoms with Crippen molar-refractivity contribution >= 4 is 5.91 Å². The van der Waals surface area contributed by atoms with Gasteiger partial charge in [-0.3, -0.25) is 4.79 Å². The number of piperidine rings is 1. The lowest BCUT2D eigenvalue weighted by molar-refractivity contribution is 0.0938. The highest BCUT2D eigenvalue weighted by Crippen LogP contribution is 2.17. The fourth-order valence-electron chi connectivity index (χ4n) is 2.29. The van der Waals surface area contributed by atoms with E-state index < -0.39 is 0 Å². The van der Waals surface area contributed by atoms with Crippen LogP contribution in [0.2, 0.25) is 0 Å². The Bertz CT molecular complexity index is 364. The SMILES string of the molecule is CC1CNCCC1CNC(=O)c1ccccc1. The molecule has 1 aromatic rings. The third-order valence-electron chi connectivity index (χ3n) is 3.52. The molecule has 0 aromatic heterocycles. The van der Waals surface area contributed by atoms with Crippen molar-refractivity contribution in [3.05, 3.63) is 35.9 Å². The van der Waals surface area contributed by atoms with Crippen molar-refractivity contribution in [3.63, 3.8) is 0 Å². The van der Waals surface area contributed by atoms with E-state index in [0.29, 0.717) is 11.8 Å². The molecule has 0 spiro atoms. The van der Waals surface area contributed by atoms with Crippen molar-refractivity contribution in [1.82, 2.24) is 10.6 Å². The summed E-state index contributed by atoms with van der Waals surface area (Å²) in [6.07, 6.45) is 1.15. The van der Waals surface area contributed by atoms with Crippen LogP contribution in [0.1, 0.15) is 23.7 Å². The maximum absolute atomic E-state index is 11.9. The lowest BCUT2D eigenvalue weighted by Crippen LogP contribution is -2.41. The number of hydrogen-bond donors (Lipinski definition) is 2. The second-order valence-electron chi connectivity index (χ2n) is 4.81. The van der Waals surface area contributed by atoms with Gasteiger partial charge in [-0.15, -0.1) is 0 Å². The Labute approximate surface area is 103 Å². The maximum atomic E-state index is 11.9. The van der Waals surface area contributed by atoms with Crippen molar-refractivity contribution in [2.75, 3.05) is 19.6 Å². The zero-order chi connectivity index (χ0) is 12.1. The van der Waals surface area contributed by atoms with Gasteiger partial charge < -0.3 is 10.6 Å². The highest BCUT2D eigenvalue weighted by Gasteiger charge is 2.21. The van der Waals surface area contributed by atoms with Gasteiger partial charge in [-0.05, 0) is 43.5 Å². The van der Waals surface area contributed by atoms with E-state index in [-0.39, 0.29) is 5.91 Å². The molecule has 1 aliphatic rings. The summed E-state index contributed by atoms with van der Waals surface area (Å²) in [5, 5.41) is 6.40. The lowest BCUT2D eigenvalue weighted by Gasteiger charge is -2.29. The number of amides is 1. The van der Waals surface area contributed by atoms with Gasteiger partial charge in [0.15, 0.2) is 0 Å².